The zero-order valence-electron chi connectivity index (χ0n) is 13.6. The predicted molar refractivity (Wildman–Crippen MR) is 99.2 cm³/mol. The molecule has 3 aliphatic rings. The Morgan fingerprint density at radius 3 is 2.67 bits per heavy atom. The number of Topliss-reactive ketones (excluding diaryl/α,β-unsaturated/α-hetero) is 1. The second-order valence-electron chi connectivity index (χ2n) is 6.64. The number of carboxylic acid groups (broad SMARTS) is 1. The average Bonchev–Trinajstić information content (AvgIpc) is 3.18. The third-order valence-electron chi connectivity index (χ3n) is 5.48. The van der Waals surface area contributed by atoms with Crippen molar-refractivity contribution < 1.29 is 14.7 Å². The maximum absolute atomic E-state index is 13.3. The average molecular weight is 361 g/mol. The van der Waals surface area contributed by atoms with Crippen molar-refractivity contribution in [2.24, 2.45) is 11.8 Å². The number of allylic oxidation sites excluding steroid dienone is 1. The van der Waals surface area contributed by atoms with Gasteiger partial charge in [-0.25, -0.2) is 0 Å². The van der Waals surface area contributed by atoms with Crippen LogP contribution in [0.5, 0.6) is 0 Å². The minimum atomic E-state index is -0.793. The minimum Gasteiger partial charge on any atom is -0.481 e. The first-order valence-corrected chi connectivity index (χ1v) is 10.4. The number of hydrogen-bond donors (Lipinski definition) is 1. The van der Waals surface area contributed by atoms with E-state index in [1.54, 1.807) is 0 Å². The van der Waals surface area contributed by atoms with Gasteiger partial charge in [-0.2, -0.15) is 0 Å². The summed E-state index contributed by atoms with van der Waals surface area (Å²) in [5.41, 5.74) is 4.39. The smallest absolute Gasteiger partial charge is 0.303 e. The summed E-state index contributed by atoms with van der Waals surface area (Å²) in [6, 6.07) is 8.17. The molecular weight excluding hydrogens is 340 g/mol. The molecule has 0 amide bonds. The van der Waals surface area contributed by atoms with Crippen LogP contribution in [0.3, 0.4) is 0 Å². The molecule has 1 aromatic rings. The van der Waals surface area contributed by atoms with Crippen LogP contribution in [0.4, 0.5) is 0 Å². The van der Waals surface area contributed by atoms with Gasteiger partial charge < -0.3 is 5.11 Å². The van der Waals surface area contributed by atoms with Gasteiger partial charge in [0.2, 0.25) is 0 Å². The van der Waals surface area contributed by atoms with Gasteiger partial charge in [-0.3, -0.25) is 9.59 Å². The topological polar surface area (TPSA) is 54.4 Å². The Morgan fingerprint density at radius 1 is 1.29 bits per heavy atom. The zero-order valence-corrected chi connectivity index (χ0v) is 15.2. The van der Waals surface area contributed by atoms with Gasteiger partial charge in [0, 0.05) is 28.9 Å². The standard InChI is InChI=1S/C19H20O3S2/c1-2-12-14(10-16(20)21)19(23-7-8-24-19)15-9-11-5-3-4-6-13(11)17(15)18(12)22/h3-6,12,14H,2,7-10H2,1H3,(H,20,21)/t12-,14-/m0/s1. The van der Waals surface area contributed by atoms with E-state index >= 15 is 0 Å². The highest BCUT2D eigenvalue weighted by Gasteiger charge is 2.57. The van der Waals surface area contributed by atoms with Crippen molar-refractivity contribution in [2.45, 2.75) is 30.3 Å². The molecule has 1 N–H and O–H groups in total. The largest absolute Gasteiger partial charge is 0.481 e. The molecule has 1 fully saturated rings. The molecule has 126 valence electrons. The summed E-state index contributed by atoms with van der Waals surface area (Å²) in [6.45, 7) is 2.02. The summed E-state index contributed by atoms with van der Waals surface area (Å²) >= 11 is 3.75. The van der Waals surface area contributed by atoms with Gasteiger partial charge in [-0.15, -0.1) is 23.5 Å². The van der Waals surface area contributed by atoms with Crippen LogP contribution in [0.15, 0.2) is 29.8 Å². The molecule has 2 atom stereocenters. The van der Waals surface area contributed by atoms with E-state index in [4.69, 9.17) is 0 Å². The van der Waals surface area contributed by atoms with Crippen LogP contribution in [-0.4, -0.2) is 32.4 Å². The zero-order chi connectivity index (χ0) is 16.9. The second kappa shape index (κ2) is 5.95. The highest BCUT2D eigenvalue weighted by atomic mass is 32.2. The van der Waals surface area contributed by atoms with Crippen LogP contribution in [-0.2, 0) is 16.0 Å². The second-order valence-corrected chi connectivity index (χ2v) is 9.58. The molecule has 0 unspecified atom stereocenters. The lowest BCUT2D eigenvalue weighted by atomic mass is 9.71. The summed E-state index contributed by atoms with van der Waals surface area (Å²) in [5.74, 6) is 1.12. The Balaban J connectivity index is 1.91. The number of benzene rings is 1. The first kappa shape index (κ1) is 16.3. The molecule has 5 heteroatoms. The molecule has 4 rings (SSSR count). The Labute approximate surface area is 150 Å². The summed E-state index contributed by atoms with van der Waals surface area (Å²) < 4.78 is -0.235. The van der Waals surface area contributed by atoms with E-state index in [1.807, 2.05) is 42.6 Å². The number of fused-ring (bicyclic) bond motifs is 3. The number of ketones is 1. The summed E-state index contributed by atoms with van der Waals surface area (Å²) in [7, 11) is 0. The molecular formula is C19H20O3S2. The fourth-order valence-corrected chi connectivity index (χ4v) is 8.27. The van der Waals surface area contributed by atoms with Gasteiger partial charge in [0.15, 0.2) is 5.78 Å². The predicted octanol–water partition coefficient (Wildman–Crippen LogP) is 3.87. The first-order chi connectivity index (χ1) is 11.6. The van der Waals surface area contributed by atoms with E-state index in [2.05, 4.69) is 12.1 Å². The number of thioether (sulfide) groups is 2. The normalized spacial score (nSPS) is 27.5. The van der Waals surface area contributed by atoms with Crippen LogP contribution < -0.4 is 0 Å². The molecule has 2 aliphatic carbocycles. The third-order valence-corrected chi connectivity index (χ3v) is 9.22. The molecule has 0 bridgehead atoms. The molecule has 0 aromatic heterocycles. The maximum Gasteiger partial charge on any atom is 0.303 e. The van der Waals surface area contributed by atoms with Gasteiger partial charge in [0.05, 0.1) is 10.5 Å². The van der Waals surface area contributed by atoms with Crippen LogP contribution in [0.25, 0.3) is 5.57 Å². The first-order valence-electron chi connectivity index (χ1n) is 8.44. The van der Waals surface area contributed by atoms with Gasteiger partial charge >= 0.3 is 5.97 Å². The lowest BCUT2D eigenvalue weighted by Crippen LogP contribution is -2.45. The van der Waals surface area contributed by atoms with Crippen LogP contribution >= 0.6 is 23.5 Å². The number of carbonyl (C=O) groups is 2. The SMILES string of the molecule is CC[C@@H]1C(=O)C2=C(Cc3ccccc32)C2(SCCS2)[C@H]1CC(=O)O. The molecule has 0 saturated carbocycles. The monoisotopic (exact) mass is 360 g/mol. The van der Waals surface area contributed by atoms with Gasteiger partial charge in [0.1, 0.15) is 0 Å². The number of carbonyl (C=O) groups excluding carboxylic acids is 1. The Bertz CT molecular complexity index is 747. The fourth-order valence-electron chi connectivity index (χ4n) is 4.55. The Morgan fingerprint density at radius 2 is 2.00 bits per heavy atom. The quantitative estimate of drug-likeness (QED) is 0.887. The van der Waals surface area contributed by atoms with Crippen molar-refractivity contribution >= 4 is 40.8 Å². The van der Waals surface area contributed by atoms with Crippen LogP contribution in [0, 0.1) is 11.8 Å². The Kier molecular flexibility index (Phi) is 4.04. The van der Waals surface area contributed by atoms with Crippen molar-refractivity contribution in [3.63, 3.8) is 0 Å². The fraction of sp³-hybridized carbons (Fsp3) is 0.474. The van der Waals surface area contributed by atoms with Crippen molar-refractivity contribution in [1.29, 1.82) is 0 Å². The molecule has 1 aromatic carbocycles. The van der Waals surface area contributed by atoms with E-state index in [0.717, 1.165) is 29.1 Å². The molecule has 24 heavy (non-hydrogen) atoms. The third kappa shape index (κ3) is 2.21. The van der Waals surface area contributed by atoms with E-state index in [1.165, 1.54) is 11.1 Å². The van der Waals surface area contributed by atoms with Gasteiger partial charge in [-0.1, -0.05) is 31.2 Å². The highest BCUT2D eigenvalue weighted by molar-refractivity contribution is 8.21. The van der Waals surface area contributed by atoms with E-state index in [0.29, 0.717) is 6.42 Å². The summed E-state index contributed by atoms with van der Waals surface area (Å²) in [4.78, 5) is 24.8. The number of carboxylic acids is 1. The minimum absolute atomic E-state index is 0.0807. The molecule has 1 saturated heterocycles. The highest BCUT2D eigenvalue weighted by Crippen LogP contribution is 2.63. The van der Waals surface area contributed by atoms with Crippen molar-refractivity contribution in [3.05, 3.63) is 41.0 Å². The van der Waals surface area contributed by atoms with Crippen molar-refractivity contribution in [1.82, 2.24) is 0 Å². The molecule has 1 aliphatic heterocycles. The van der Waals surface area contributed by atoms with Gasteiger partial charge in [-0.05, 0) is 29.5 Å². The van der Waals surface area contributed by atoms with Crippen LogP contribution in [0.2, 0.25) is 0 Å². The van der Waals surface area contributed by atoms with E-state index < -0.39 is 5.97 Å². The lowest BCUT2D eigenvalue weighted by Gasteiger charge is -2.44. The Hall–Kier alpha value is -1.20. The number of aliphatic carboxylic acids is 1. The summed E-state index contributed by atoms with van der Waals surface area (Å²) in [6.07, 6.45) is 1.58. The number of rotatable bonds is 3. The van der Waals surface area contributed by atoms with Crippen molar-refractivity contribution in [2.75, 3.05) is 11.5 Å². The molecule has 1 spiro atoms. The molecule has 0 radical (unpaired) electrons. The van der Waals surface area contributed by atoms with Crippen LogP contribution in [0.1, 0.15) is 30.9 Å². The van der Waals surface area contributed by atoms with E-state index in [9.17, 15) is 14.7 Å². The van der Waals surface area contributed by atoms with E-state index in [-0.39, 0.29) is 28.1 Å². The lowest BCUT2D eigenvalue weighted by molar-refractivity contribution is -0.139. The molecule has 1 heterocycles. The van der Waals surface area contributed by atoms with Gasteiger partial charge in [0.25, 0.3) is 0 Å². The summed E-state index contributed by atoms with van der Waals surface area (Å²) in [5, 5.41) is 9.48. The number of hydrogen-bond acceptors (Lipinski definition) is 4. The maximum atomic E-state index is 13.3. The van der Waals surface area contributed by atoms with Crippen molar-refractivity contribution in [3.8, 4) is 0 Å². The molecule has 3 nitrogen and oxygen atoms in total.